The lowest BCUT2D eigenvalue weighted by molar-refractivity contribution is -0.130. The third-order valence-electron chi connectivity index (χ3n) is 2.70. The number of amides is 2. The van der Waals surface area contributed by atoms with Crippen molar-refractivity contribution in [3.63, 3.8) is 0 Å². The molecule has 0 radical (unpaired) electrons. The Bertz CT molecular complexity index is 538. The summed E-state index contributed by atoms with van der Waals surface area (Å²) >= 11 is 5.82. The fraction of sp³-hybridized carbons (Fsp3) is 0.467. The van der Waals surface area contributed by atoms with E-state index in [-0.39, 0.29) is 23.2 Å². The Morgan fingerprint density at radius 2 is 1.95 bits per heavy atom. The number of benzene rings is 1. The van der Waals surface area contributed by atoms with Crippen molar-refractivity contribution in [3.05, 3.63) is 29.0 Å². The van der Waals surface area contributed by atoms with E-state index in [0.29, 0.717) is 12.5 Å². The highest BCUT2D eigenvalue weighted by atomic mass is 35.5. The van der Waals surface area contributed by atoms with Gasteiger partial charge in [0, 0.05) is 6.54 Å². The molecule has 1 atom stereocenters. The van der Waals surface area contributed by atoms with E-state index in [2.05, 4.69) is 10.6 Å². The maximum absolute atomic E-state index is 12.9. The first-order valence-electron chi connectivity index (χ1n) is 6.95. The molecule has 1 aromatic carbocycles. The summed E-state index contributed by atoms with van der Waals surface area (Å²) in [6, 6.07) is 3.63. The van der Waals surface area contributed by atoms with Gasteiger partial charge >= 0.3 is 0 Å². The zero-order valence-corrected chi connectivity index (χ0v) is 13.5. The Labute approximate surface area is 134 Å². The van der Waals surface area contributed by atoms with Crippen LogP contribution in [0.4, 0.5) is 4.39 Å². The highest BCUT2D eigenvalue weighted by Gasteiger charge is 2.17. The fourth-order valence-corrected chi connectivity index (χ4v) is 1.72. The van der Waals surface area contributed by atoms with Gasteiger partial charge in [-0.2, -0.15) is 0 Å². The second-order valence-corrected chi connectivity index (χ2v) is 5.66. The first-order chi connectivity index (χ1) is 10.3. The van der Waals surface area contributed by atoms with E-state index < -0.39 is 17.8 Å². The van der Waals surface area contributed by atoms with Gasteiger partial charge in [-0.05, 0) is 31.0 Å². The van der Waals surface area contributed by atoms with Crippen LogP contribution >= 0.6 is 11.6 Å². The lowest BCUT2D eigenvalue weighted by Gasteiger charge is -2.15. The molecule has 1 aromatic rings. The zero-order valence-electron chi connectivity index (χ0n) is 12.8. The molecule has 0 aliphatic rings. The number of hydrogen-bond donors (Lipinski definition) is 2. The highest BCUT2D eigenvalue weighted by Crippen LogP contribution is 2.25. The van der Waals surface area contributed by atoms with E-state index in [0.717, 1.165) is 6.07 Å². The molecule has 0 aliphatic heterocycles. The van der Waals surface area contributed by atoms with E-state index >= 15 is 0 Å². The summed E-state index contributed by atoms with van der Waals surface area (Å²) in [5, 5.41) is 5.23. The largest absolute Gasteiger partial charge is 0.479 e. The summed E-state index contributed by atoms with van der Waals surface area (Å²) < 4.78 is 18.3. The molecule has 1 unspecified atom stereocenters. The summed E-state index contributed by atoms with van der Waals surface area (Å²) in [4.78, 5) is 23.3. The van der Waals surface area contributed by atoms with Gasteiger partial charge in [0.25, 0.3) is 5.91 Å². The van der Waals surface area contributed by atoms with Crippen LogP contribution in [0.3, 0.4) is 0 Å². The molecule has 0 saturated heterocycles. The lowest BCUT2D eigenvalue weighted by atomic mass is 10.2. The van der Waals surface area contributed by atoms with E-state index in [4.69, 9.17) is 16.3 Å². The minimum atomic E-state index is -0.860. The molecule has 2 amide bonds. The highest BCUT2D eigenvalue weighted by molar-refractivity contribution is 6.32. The number of ether oxygens (including phenoxy) is 1. The first-order valence-corrected chi connectivity index (χ1v) is 7.33. The molecule has 0 fully saturated rings. The Morgan fingerprint density at radius 1 is 1.27 bits per heavy atom. The smallest absolute Gasteiger partial charge is 0.261 e. The predicted octanol–water partition coefficient (Wildman–Crippen LogP) is 2.13. The SMILES string of the molecule is CC(C)CNC(=O)CNC(=O)C(C)Oc1ccc(F)cc1Cl. The van der Waals surface area contributed by atoms with Crippen LogP contribution < -0.4 is 15.4 Å². The monoisotopic (exact) mass is 330 g/mol. The van der Waals surface area contributed by atoms with Crippen molar-refractivity contribution in [2.75, 3.05) is 13.1 Å². The van der Waals surface area contributed by atoms with Gasteiger partial charge in [-0.3, -0.25) is 9.59 Å². The maximum Gasteiger partial charge on any atom is 0.261 e. The normalized spacial score (nSPS) is 11.9. The third-order valence-corrected chi connectivity index (χ3v) is 2.99. The van der Waals surface area contributed by atoms with Gasteiger partial charge in [0.1, 0.15) is 11.6 Å². The van der Waals surface area contributed by atoms with Gasteiger partial charge in [0.2, 0.25) is 5.91 Å². The first kappa shape index (κ1) is 18.2. The minimum Gasteiger partial charge on any atom is -0.479 e. The van der Waals surface area contributed by atoms with Crippen molar-refractivity contribution in [2.24, 2.45) is 5.92 Å². The molecule has 0 aliphatic carbocycles. The Balaban J connectivity index is 2.43. The van der Waals surface area contributed by atoms with Crippen LogP contribution in [0.1, 0.15) is 20.8 Å². The lowest BCUT2D eigenvalue weighted by Crippen LogP contribution is -2.43. The molecule has 0 saturated carbocycles. The number of hydrogen-bond acceptors (Lipinski definition) is 3. The number of carbonyl (C=O) groups excluding carboxylic acids is 2. The molecular weight excluding hydrogens is 311 g/mol. The average molecular weight is 331 g/mol. The molecule has 5 nitrogen and oxygen atoms in total. The van der Waals surface area contributed by atoms with Gasteiger partial charge in [0.15, 0.2) is 6.10 Å². The Hall–Kier alpha value is -1.82. The molecule has 22 heavy (non-hydrogen) atoms. The van der Waals surface area contributed by atoms with Crippen LogP contribution in [0.25, 0.3) is 0 Å². The molecular formula is C15H20ClFN2O3. The molecule has 7 heteroatoms. The Morgan fingerprint density at radius 3 is 2.55 bits per heavy atom. The third kappa shape index (κ3) is 6.30. The average Bonchev–Trinajstić information content (AvgIpc) is 2.45. The van der Waals surface area contributed by atoms with Crippen molar-refractivity contribution >= 4 is 23.4 Å². The molecule has 0 spiro atoms. The zero-order chi connectivity index (χ0) is 16.7. The molecule has 2 N–H and O–H groups in total. The van der Waals surface area contributed by atoms with Crippen LogP contribution in [0, 0.1) is 11.7 Å². The van der Waals surface area contributed by atoms with Crippen LogP contribution in [0.5, 0.6) is 5.75 Å². The fourth-order valence-electron chi connectivity index (χ4n) is 1.51. The minimum absolute atomic E-state index is 0.0781. The molecule has 0 aromatic heterocycles. The summed E-state index contributed by atoms with van der Waals surface area (Å²) in [5.41, 5.74) is 0. The summed E-state index contributed by atoms with van der Waals surface area (Å²) in [6.45, 7) is 5.88. The number of halogens is 2. The van der Waals surface area contributed by atoms with Gasteiger partial charge in [0.05, 0.1) is 11.6 Å². The Kier molecular flexibility index (Phi) is 7.11. The van der Waals surface area contributed by atoms with Gasteiger partial charge in [-0.25, -0.2) is 4.39 Å². The van der Waals surface area contributed by atoms with Crippen LogP contribution in [0.15, 0.2) is 18.2 Å². The van der Waals surface area contributed by atoms with Crippen LogP contribution in [-0.4, -0.2) is 31.0 Å². The van der Waals surface area contributed by atoms with Crippen LogP contribution in [0.2, 0.25) is 5.02 Å². The maximum atomic E-state index is 12.9. The number of rotatable bonds is 7. The standard InChI is InChI=1S/C15H20ClFN2O3/c1-9(2)7-18-14(20)8-19-15(21)10(3)22-13-5-4-11(17)6-12(13)16/h4-6,9-10H,7-8H2,1-3H3,(H,18,20)(H,19,21). The second kappa shape index (κ2) is 8.58. The molecule has 0 bridgehead atoms. The molecule has 122 valence electrons. The van der Waals surface area contributed by atoms with Crippen molar-refractivity contribution in [1.82, 2.24) is 10.6 Å². The molecule has 1 rings (SSSR count). The van der Waals surface area contributed by atoms with Gasteiger partial charge in [-0.15, -0.1) is 0 Å². The van der Waals surface area contributed by atoms with Crippen molar-refractivity contribution in [1.29, 1.82) is 0 Å². The van der Waals surface area contributed by atoms with Crippen molar-refractivity contribution < 1.29 is 18.7 Å². The van der Waals surface area contributed by atoms with Gasteiger partial charge < -0.3 is 15.4 Å². The van der Waals surface area contributed by atoms with Crippen LogP contribution in [-0.2, 0) is 9.59 Å². The van der Waals surface area contributed by atoms with Crippen molar-refractivity contribution in [3.8, 4) is 5.75 Å². The van der Waals surface area contributed by atoms with Crippen molar-refractivity contribution in [2.45, 2.75) is 26.9 Å². The summed E-state index contributed by atoms with van der Waals surface area (Å²) in [6.07, 6.45) is -0.860. The van der Waals surface area contributed by atoms with E-state index in [1.807, 2.05) is 13.8 Å². The number of carbonyl (C=O) groups is 2. The number of nitrogens with one attached hydrogen (secondary N) is 2. The predicted molar refractivity (Wildman–Crippen MR) is 82.4 cm³/mol. The molecule has 0 heterocycles. The summed E-state index contributed by atoms with van der Waals surface area (Å²) in [5.74, 6) is -0.678. The summed E-state index contributed by atoms with van der Waals surface area (Å²) in [7, 11) is 0. The quantitative estimate of drug-likeness (QED) is 0.805. The van der Waals surface area contributed by atoms with Gasteiger partial charge in [-0.1, -0.05) is 25.4 Å². The van der Waals surface area contributed by atoms with E-state index in [9.17, 15) is 14.0 Å². The van der Waals surface area contributed by atoms with E-state index in [1.54, 1.807) is 0 Å². The van der Waals surface area contributed by atoms with E-state index in [1.165, 1.54) is 19.1 Å². The topological polar surface area (TPSA) is 67.4 Å². The second-order valence-electron chi connectivity index (χ2n) is 5.25.